The molecule has 1 amide bonds. The Bertz CT molecular complexity index is 1090. The molecule has 0 aliphatic carbocycles. The van der Waals surface area contributed by atoms with E-state index in [0.717, 1.165) is 16.9 Å². The van der Waals surface area contributed by atoms with Gasteiger partial charge >= 0.3 is 0 Å². The van der Waals surface area contributed by atoms with Gasteiger partial charge in [0.25, 0.3) is 5.91 Å². The molecule has 0 atom stereocenters. The number of carbonyl (C=O) groups excluding carboxylic acids is 1. The van der Waals surface area contributed by atoms with Crippen molar-refractivity contribution in [3.8, 4) is 11.5 Å². The Kier molecular flexibility index (Phi) is 6.72. The smallest absolute Gasteiger partial charge is 0.251 e. The molecular formula is C25H22N2O4. The Balaban J connectivity index is 1.27. The number of pyridine rings is 1. The maximum absolute atomic E-state index is 12.5. The number of nitrogens with zero attached hydrogens (tertiary/aromatic N) is 1. The molecule has 4 aromatic rings. The average molecular weight is 414 g/mol. The van der Waals surface area contributed by atoms with Crippen molar-refractivity contribution in [2.75, 3.05) is 0 Å². The van der Waals surface area contributed by atoms with Gasteiger partial charge < -0.3 is 19.2 Å². The maximum atomic E-state index is 12.5. The lowest BCUT2D eigenvalue weighted by atomic mass is 10.1. The summed E-state index contributed by atoms with van der Waals surface area (Å²) in [5.41, 5.74) is 2.61. The highest BCUT2D eigenvalue weighted by Gasteiger charge is 2.07. The normalized spacial score (nSPS) is 10.6. The van der Waals surface area contributed by atoms with Crippen LogP contribution < -0.4 is 10.1 Å². The number of rotatable bonds is 9. The van der Waals surface area contributed by atoms with Gasteiger partial charge in [-0.05, 0) is 59.7 Å². The van der Waals surface area contributed by atoms with Gasteiger partial charge in [-0.25, -0.2) is 0 Å². The number of benzene rings is 2. The molecule has 0 bridgehead atoms. The van der Waals surface area contributed by atoms with Crippen molar-refractivity contribution in [2.45, 2.75) is 19.8 Å². The minimum Gasteiger partial charge on any atom is -0.467 e. The fourth-order valence-electron chi connectivity index (χ4n) is 3.00. The fraction of sp³-hybridized carbons (Fsp3) is 0.120. The van der Waals surface area contributed by atoms with E-state index in [9.17, 15) is 4.79 Å². The molecule has 6 nitrogen and oxygen atoms in total. The maximum Gasteiger partial charge on any atom is 0.251 e. The van der Waals surface area contributed by atoms with Gasteiger partial charge in [0.15, 0.2) is 0 Å². The first kappa shape index (κ1) is 20.4. The summed E-state index contributed by atoms with van der Waals surface area (Å²) in [4.78, 5) is 16.5. The Hall–Kier alpha value is -3.90. The monoisotopic (exact) mass is 414 g/mol. The molecule has 4 rings (SSSR count). The van der Waals surface area contributed by atoms with Crippen LogP contribution in [0, 0.1) is 0 Å². The molecule has 2 aromatic heterocycles. The zero-order chi connectivity index (χ0) is 21.3. The summed E-state index contributed by atoms with van der Waals surface area (Å²) in [6, 6.07) is 22.3. The third kappa shape index (κ3) is 6.04. The number of amides is 1. The van der Waals surface area contributed by atoms with E-state index in [2.05, 4.69) is 10.3 Å². The SMILES string of the molecule is O=C(NCc1cccc(COCc2ccco2)c1)c1ccc(Oc2cccnc2)cc1. The van der Waals surface area contributed by atoms with Gasteiger partial charge in [-0.3, -0.25) is 9.78 Å². The highest BCUT2D eigenvalue weighted by atomic mass is 16.5. The topological polar surface area (TPSA) is 73.6 Å². The minimum absolute atomic E-state index is 0.146. The van der Waals surface area contributed by atoms with E-state index < -0.39 is 0 Å². The van der Waals surface area contributed by atoms with Crippen LogP contribution in [0.2, 0.25) is 0 Å². The third-order valence-electron chi connectivity index (χ3n) is 4.52. The first-order valence-electron chi connectivity index (χ1n) is 9.90. The van der Waals surface area contributed by atoms with Crippen molar-refractivity contribution in [3.63, 3.8) is 0 Å². The predicted octanol–water partition coefficient (Wildman–Crippen LogP) is 5.11. The zero-order valence-electron chi connectivity index (χ0n) is 16.9. The lowest BCUT2D eigenvalue weighted by molar-refractivity contribution is 0.0928. The number of furan rings is 1. The summed E-state index contributed by atoms with van der Waals surface area (Å²) < 4.78 is 16.6. The molecule has 1 N–H and O–H groups in total. The average Bonchev–Trinajstić information content (AvgIpc) is 3.33. The van der Waals surface area contributed by atoms with Crippen molar-refractivity contribution in [3.05, 3.63) is 114 Å². The largest absolute Gasteiger partial charge is 0.467 e. The fourth-order valence-corrected chi connectivity index (χ4v) is 3.00. The van der Waals surface area contributed by atoms with E-state index >= 15 is 0 Å². The Labute approximate surface area is 180 Å². The number of ether oxygens (including phenoxy) is 2. The van der Waals surface area contributed by atoms with Crippen LogP contribution in [0.4, 0.5) is 0 Å². The molecule has 0 saturated heterocycles. The van der Waals surface area contributed by atoms with Gasteiger partial charge in [0.2, 0.25) is 0 Å². The number of hydrogen-bond donors (Lipinski definition) is 1. The second-order valence-corrected chi connectivity index (χ2v) is 6.89. The summed E-state index contributed by atoms with van der Waals surface area (Å²) in [6.45, 7) is 1.33. The molecule has 6 heteroatoms. The lowest BCUT2D eigenvalue weighted by Gasteiger charge is -2.09. The molecule has 2 heterocycles. The number of carbonyl (C=O) groups is 1. The van der Waals surface area contributed by atoms with Gasteiger partial charge in [-0.1, -0.05) is 24.3 Å². The Morgan fingerprint density at radius 1 is 0.903 bits per heavy atom. The van der Waals surface area contributed by atoms with Gasteiger partial charge in [-0.2, -0.15) is 0 Å². The molecule has 0 spiro atoms. The molecule has 156 valence electrons. The highest BCUT2D eigenvalue weighted by Crippen LogP contribution is 2.20. The Morgan fingerprint density at radius 3 is 2.55 bits per heavy atom. The molecule has 0 unspecified atom stereocenters. The number of nitrogens with one attached hydrogen (secondary N) is 1. The van der Waals surface area contributed by atoms with E-state index in [4.69, 9.17) is 13.9 Å². The van der Waals surface area contributed by atoms with Crippen LogP contribution in [0.1, 0.15) is 27.2 Å². The summed E-state index contributed by atoms with van der Waals surface area (Å²) in [6.07, 6.45) is 4.95. The van der Waals surface area contributed by atoms with Gasteiger partial charge in [0.05, 0.1) is 19.1 Å². The van der Waals surface area contributed by atoms with Crippen LogP contribution in [0.25, 0.3) is 0 Å². The highest BCUT2D eigenvalue weighted by molar-refractivity contribution is 5.94. The summed E-state index contributed by atoms with van der Waals surface area (Å²) in [7, 11) is 0. The number of aromatic nitrogens is 1. The predicted molar refractivity (Wildman–Crippen MR) is 116 cm³/mol. The molecular weight excluding hydrogens is 392 g/mol. The van der Waals surface area contributed by atoms with Crippen molar-refractivity contribution in [1.82, 2.24) is 10.3 Å². The van der Waals surface area contributed by atoms with Crippen LogP contribution in [0.5, 0.6) is 11.5 Å². The molecule has 31 heavy (non-hydrogen) atoms. The van der Waals surface area contributed by atoms with Crippen LogP contribution in [0.15, 0.2) is 95.9 Å². The lowest BCUT2D eigenvalue weighted by Crippen LogP contribution is -2.22. The minimum atomic E-state index is -0.146. The summed E-state index contributed by atoms with van der Waals surface area (Å²) in [5.74, 6) is 1.94. The van der Waals surface area contributed by atoms with Crippen LogP contribution in [0.3, 0.4) is 0 Å². The first-order valence-corrected chi connectivity index (χ1v) is 9.90. The van der Waals surface area contributed by atoms with E-state index in [1.807, 2.05) is 42.5 Å². The quantitative estimate of drug-likeness (QED) is 0.412. The van der Waals surface area contributed by atoms with Crippen molar-refractivity contribution in [1.29, 1.82) is 0 Å². The molecule has 0 aliphatic heterocycles. The second kappa shape index (κ2) is 10.2. The van der Waals surface area contributed by atoms with Crippen LogP contribution in [-0.2, 0) is 24.5 Å². The van der Waals surface area contributed by atoms with E-state index in [1.165, 1.54) is 0 Å². The molecule has 2 aromatic carbocycles. The third-order valence-corrected chi connectivity index (χ3v) is 4.52. The van der Waals surface area contributed by atoms with Gasteiger partial charge in [0, 0.05) is 18.3 Å². The van der Waals surface area contributed by atoms with Crippen molar-refractivity contribution < 1.29 is 18.7 Å². The zero-order valence-corrected chi connectivity index (χ0v) is 16.9. The van der Waals surface area contributed by atoms with Crippen LogP contribution >= 0.6 is 0 Å². The molecule has 0 saturated carbocycles. The summed E-state index contributed by atoms with van der Waals surface area (Å²) in [5, 5.41) is 2.94. The van der Waals surface area contributed by atoms with E-state index in [1.54, 1.807) is 49.0 Å². The standard InChI is InChI=1S/C25H22N2O4/c28-25(21-8-10-22(11-9-21)31-23-6-2-12-26-16-23)27-15-19-4-1-5-20(14-19)17-29-18-24-7-3-13-30-24/h1-14,16H,15,17-18H2,(H,27,28). The Morgan fingerprint density at radius 2 is 1.77 bits per heavy atom. The van der Waals surface area contributed by atoms with Gasteiger partial charge in [0.1, 0.15) is 23.9 Å². The second-order valence-electron chi connectivity index (χ2n) is 6.89. The number of hydrogen-bond acceptors (Lipinski definition) is 5. The van der Waals surface area contributed by atoms with E-state index in [0.29, 0.717) is 36.8 Å². The van der Waals surface area contributed by atoms with Crippen LogP contribution in [-0.4, -0.2) is 10.9 Å². The van der Waals surface area contributed by atoms with E-state index in [-0.39, 0.29) is 5.91 Å². The molecule has 0 aliphatic rings. The van der Waals surface area contributed by atoms with Gasteiger partial charge in [-0.15, -0.1) is 0 Å². The van der Waals surface area contributed by atoms with Crippen molar-refractivity contribution >= 4 is 5.91 Å². The molecule has 0 fully saturated rings. The summed E-state index contributed by atoms with van der Waals surface area (Å²) >= 11 is 0. The molecule has 0 radical (unpaired) electrons. The first-order chi connectivity index (χ1) is 15.3. The van der Waals surface area contributed by atoms with Crippen molar-refractivity contribution in [2.24, 2.45) is 0 Å².